The van der Waals surface area contributed by atoms with E-state index in [0.29, 0.717) is 5.56 Å². The predicted molar refractivity (Wildman–Crippen MR) is 83.6 cm³/mol. The fourth-order valence-corrected chi connectivity index (χ4v) is 1.70. The second kappa shape index (κ2) is 7.78. The molecule has 114 valence electrons. The van der Waals surface area contributed by atoms with Crippen LogP contribution in [0.1, 0.15) is 5.56 Å². The van der Waals surface area contributed by atoms with E-state index in [1.807, 2.05) is 12.1 Å². The third-order valence-corrected chi connectivity index (χ3v) is 2.79. The summed E-state index contributed by atoms with van der Waals surface area (Å²) >= 11 is 0. The summed E-state index contributed by atoms with van der Waals surface area (Å²) in [7, 11) is 1.59. The molecule has 5 nitrogen and oxygen atoms in total. The Morgan fingerprint density at radius 2 is 2.05 bits per heavy atom. The number of halogens is 1. The molecule has 0 radical (unpaired) electrons. The quantitative estimate of drug-likeness (QED) is 0.636. The van der Waals surface area contributed by atoms with Gasteiger partial charge in [0, 0.05) is 5.69 Å². The van der Waals surface area contributed by atoms with Crippen molar-refractivity contribution in [2.45, 2.75) is 0 Å². The number of benzene rings is 2. The van der Waals surface area contributed by atoms with Gasteiger partial charge in [0.05, 0.1) is 19.9 Å². The highest BCUT2D eigenvalue weighted by Crippen LogP contribution is 2.14. The summed E-state index contributed by atoms with van der Waals surface area (Å²) in [5, 5.41) is 6.72. The number of hydrogen-bond acceptors (Lipinski definition) is 4. The molecule has 0 saturated heterocycles. The molecule has 2 N–H and O–H groups in total. The Morgan fingerprint density at radius 3 is 2.73 bits per heavy atom. The summed E-state index contributed by atoms with van der Waals surface area (Å²) in [5.74, 6) is 0.0922. The molecule has 22 heavy (non-hydrogen) atoms. The number of carbonyl (C=O) groups is 1. The van der Waals surface area contributed by atoms with E-state index in [0.717, 1.165) is 11.4 Å². The molecule has 0 aromatic heterocycles. The predicted octanol–water partition coefficient (Wildman–Crippen LogP) is 2.40. The van der Waals surface area contributed by atoms with Crippen LogP contribution in [0.15, 0.2) is 53.6 Å². The molecular formula is C16H16FN3O2. The number of nitrogens with one attached hydrogen (secondary N) is 2. The average molecular weight is 301 g/mol. The zero-order chi connectivity index (χ0) is 15.8. The minimum atomic E-state index is -0.351. The van der Waals surface area contributed by atoms with Crippen molar-refractivity contribution in [3.8, 4) is 5.75 Å². The Hall–Kier alpha value is -2.89. The van der Waals surface area contributed by atoms with Crippen molar-refractivity contribution < 1.29 is 13.9 Å². The Kier molecular flexibility index (Phi) is 5.48. The maximum atomic E-state index is 12.9. The van der Waals surface area contributed by atoms with E-state index in [-0.39, 0.29) is 18.3 Å². The van der Waals surface area contributed by atoms with Crippen LogP contribution in [0.5, 0.6) is 5.75 Å². The Labute approximate surface area is 127 Å². The van der Waals surface area contributed by atoms with Crippen LogP contribution >= 0.6 is 0 Å². The number of rotatable bonds is 6. The first-order valence-corrected chi connectivity index (χ1v) is 6.63. The van der Waals surface area contributed by atoms with E-state index in [9.17, 15) is 9.18 Å². The fraction of sp³-hybridized carbons (Fsp3) is 0.125. The molecule has 0 atom stereocenters. The third-order valence-electron chi connectivity index (χ3n) is 2.79. The molecule has 0 heterocycles. The second-order valence-electron chi connectivity index (χ2n) is 4.43. The molecule has 6 heteroatoms. The van der Waals surface area contributed by atoms with Crippen molar-refractivity contribution in [3.63, 3.8) is 0 Å². The van der Waals surface area contributed by atoms with E-state index >= 15 is 0 Å². The van der Waals surface area contributed by atoms with Gasteiger partial charge in [-0.2, -0.15) is 5.10 Å². The highest BCUT2D eigenvalue weighted by atomic mass is 19.1. The van der Waals surface area contributed by atoms with Crippen molar-refractivity contribution >= 4 is 17.8 Å². The summed E-state index contributed by atoms with van der Waals surface area (Å²) in [6.45, 7) is 0.0762. The number of hydrogen-bond donors (Lipinski definition) is 2. The fourth-order valence-electron chi connectivity index (χ4n) is 1.70. The van der Waals surface area contributed by atoms with Crippen LogP contribution in [0.2, 0.25) is 0 Å². The van der Waals surface area contributed by atoms with Crippen molar-refractivity contribution in [3.05, 3.63) is 59.9 Å². The van der Waals surface area contributed by atoms with Gasteiger partial charge in [0.1, 0.15) is 11.6 Å². The van der Waals surface area contributed by atoms with Crippen molar-refractivity contribution in [1.82, 2.24) is 5.43 Å². The average Bonchev–Trinajstić information content (AvgIpc) is 2.53. The summed E-state index contributed by atoms with van der Waals surface area (Å²) in [4.78, 5) is 11.6. The molecule has 2 aromatic carbocycles. The van der Waals surface area contributed by atoms with Gasteiger partial charge in [-0.25, -0.2) is 9.82 Å². The van der Waals surface area contributed by atoms with Gasteiger partial charge < -0.3 is 10.1 Å². The first-order chi connectivity index (χ1) is 10.7. The topological polar surface area (TPSA) is 62.7 Å². The third kappa shape index (κ3) is 4.90. The Bertz CT molecular complexity index is 657. The summed E-state index contributed by atoms with van der Waals surface area (Å²) < 4.78 is 18.0. The van der Waals surface area contributed by atoms with E-state index in [4.69, 9.17) is 4.74 Å². The van der Waals surface area contributed by atoms with Crippen molar-refractivity contribution in [2.75, 3.05) is 19.0 Å². The first-order valence-electron chi connectivity index (χ1n) is 6.63. The molecule has 0 saturated carbocycles. The maximum Gasteiger partial charge on any atom is 0.259 e. The lowest BCUT2D eigenvalue weighted by Gasteiger charge is -2.06. The normalized spacial score (nSPS) is 10.5. The molecule has 2 rings (SSSR count). The summed E-state index contributed by atoms with van der Waals surface area (Å²) in [6.07, 6.45) is 1.38. The standard InChI is InChI=1S/C16H16FN3O2/c1-22-15-7-5-14(6-8-15)18-11-16(21)20-19-10-12-3-2-4-13(17)9-12/h2-10,18H,11H2,1H3,(H,20,21)/b19-10+. The number of ether oxygens (including phenoxy) is 1. The summed E-state index contributed by atoms with van der Waals surface area (Å²) in [5.41, 5.74) is 3.73. The largest absolute Gasteiger partial charge is 0.497 e. The SMILES string of the molecule is COc1ccc(NCC(=O)N/N=C/c2cccc(F)c2)cc1. The van der Waals surface area contributed by atoms with Crippen molar-refractivity contribution in [1.29, 1.82) is 0 Å². The highest BCUT2D eigenvalue weighted by Gasteiger charge is 2.00. The minimum Gasteiger partial charge on any atom is -0.497 e. The zero-order valence-corrected chi connectivity index (χ0v) is 12.0. The van der Waals surface area contributed by atoms with Gasteiger partial charge in [0.25, 0.3) is 5.91 Å². The van der Waals surface area contributed by atoms with Crippen LogP contribution in [0.3, 0.4) is 0 Å². The van der Waals surface area contributed by atoms with Crippen LogP contribution in [0.4, 0.5) is 10.1 Å². The maximum absolute atomic E-state index is 12.9. The Morgan fingerprint density at radius 1 is 1.27 bits per heavy atom. The van der Waals surface area contributed by atoms with Crippen LogP contribution < -0.4 is 15.5 Å². The molecule has 0 unspecified atom stereocenters. The van der Waals surface area contributed by atoms with Gasteiger partial charge in [-0.1, -0.05) is 12.1 Å². The first kappa shape index (κ1) is 15.5. The van der Waals surface area contributed by atoms with Gasteiger partial charge in [-0.3, -0.25) is 4.79 Å². The number of methoxy groups -OCH3 is 1. The molecule has 0 aliphatic carbocycles. The monoisotopic (exact) mass is 301 g/mol. The second-order valence-corrected chi connectivity index (χ2v) is 4.43. The highest BCUT2D eigenvalue weighted by molar-refractivity contribution is 5.84. The number of nitrogens with zero attached hydrogens (tertiary/aromatic N) is 1. The lowest BCUT2D eigenvalue weighted by Crippen LogP contribution is -2.25. The van der Waals surface area contributed by atoms with E-state index in [1.165, 1.54) is 18.3 Å². The van der Waals surface area contributed by atoms with Crippen LogP contribution in [0.25, 0.3) is 0 Å². The van der Waals surface area contributed by atoms with Gasteiger partial charge in [-0.05, 0) is 42.0 Å². The van der Waals surface area contributed by atoms with Crippen LogP contribution in [-0.4, -0.2) is 25.8 Å². The van der Waals surface area contributed by atoms with Crippen LogP contribution in [-0.2, 0) is 4.79 Å². The lowest BCUT2D eigenvalue weighted by molar-refractivity contribution is -0.119. The lowest BCUT2D eigenvalue weighted by atomic mass is 10.2. The molecule has 2 aromatic rings. The van der Waals surface area contributed by atoms with E-state index in [2.05, 4.69) is 15.8 Å². The smallest absolute Gasteiger partial charge is 0.259 e. The number of carbonyl (C=O) groups excluding carboxylic acids is 1. The van der Waals surface area contributed by atoms with E-state index < -0.39 is 0 Å². The molecule has 1 amide bonds. The molecular weight excluding hydrogens is 285 g/mol. The van der Waals surface area contributed by atoms with Gasteiger partial charge in [0.15, 0.2) is 0 Å². The zero-order valence-electron chi connectivity index (χ0n) is 12.0. The molecule has 0 bridgehead atoms. The molecule has 0 spiro atoms. The van der Waals surface area contributed by atoms with Gasteiger partial charge in [-0.15, -0.1) is 0 Å². The number of anilines is 1. The Balaban J connectivity index is 1.77. The molecule has 0 aliphatic heterocycles. The minimum absolute atomic E-state index is 0.0762. The number of amides is 1. The summed E-state index contributed by atoms with van der Waals surface area (Å²) in [6, 6.07) is 13.1. The number of hydrazone groups is 1. The van der Waals surface area contributed by atoms with Crippen molar-refractivity contribution in [2.24, 2.45) is 5.10 Å². The van der Waals surface area contributed by atoms with Gasteiger partial charge in [0.2, 0.25) is 0 Å². The molecule has 0 aliphatic rings. The van der Waals surface area contributed by atoms with Crippen LogP contribution in [0, 0.1) is 5.82 Å². The molecule has 0 fully saturated rings. The van der Waals surface area contributed by atoms with Gasteiger partial charge >= 0.3 is 0 Å². The van der Waals surface area contributed by atoms with E-state index in [1.54, 1.807) is 31.4 Å².